The van der Waals surface area contributed by atoms with E-state index in [1.165, 1.54) is 0 Å². The number of nitrogens with one attached hydrogen (secondary N) is 1. The van der Waals surface area contributed by atoms with Gasteiger partial charge in [-0.05, 0) is 24.1 Å². The van der Waals surface area contributed by atoms with Crippen molar-refractivity contribution < 1.29 is 4.79 Å². The lowest BCUT2D eigenvalue weighted by Crippen LogP contribution is -2.42. The van der Waals surface area contributed by atoms with Gasteiger partial charge in [-0.25, -0.2) is 4.99 Å². The van der Waals surface area contributed by atoms with Crippen molar-refractivity contribution in [2.75, 3.05) is 29.9 Å². The number of carbonyl (C=O) groups excluding carboxylic acids is 1. The molecule has 120 valence electrons. The second kappa shape index (κ2) is 8.68. The molecule has 1 fully saturated rings. The number of hydrogen-bond donors (Lipinski definition) is 2. The molecule has 1 aromatic carbocycles. The van der Waals surface area contributed by atoms with Crippen molar-refractivity contribution in [3.8, 4) is 0 Å². The SMILES string of the molecule is CCCC(=O)Nc1ccc(CN=C(N)N2CCSCC2)cc1. The van der Waals surface area contributed by atoms with Crippen molar-refractivity contribution in [3.05, 3.63) is 29.8 Å². The van der Waals surface area contributed by atoms with Gasteiger partial charge in [0, 0.05) is 36.7 Å². The third-order valence-corrected chi connectivity index (χ3v) is 4.42. The van der Waals surface area contributed by atoms with Crippen LogP contribution >= 0.6 is 11.8 Å². The van der Waals surface area contributed by atoms with Crippen LogP contribution in [-0.2, 0) is 11.3 Å². The molecule has 5 nitrogen and oxygen atoms in total. The predicted molar refractivity (Wildman–Crippen MR) is 94.2 cm³/mol. The number of carbonyl (C=O) groups is 1. The van der Waals surface area contributed by atoms with Crippen LogP contribution in [-0.4, -0.2) is 41.4 Å². The van der Waals surface area contributed by atoms with Crippen molar-refractivity contribution in [1.82, 2.24) is 4.90 Å². The van der Waals surface area contributed by atoms with Gasteiger partial charge in [-0.3, -0.25) is 4.79 Å². The smallest absolute Gasteiger partial charge is 0.224 e. The number of nitrogens with two attached hydrogens (primary N) is 1. The number of anilines is 1. The predicted octanol–water partition coefficient (Wildman–Crippen LogP) is 2.29. The van der Waals surface area contributed by atoms with Crippen molar-refractivity contribution in [1.29, 1.82) is 0 Å². The van der Waals surface area contributed by atoms with Crippen molar-refractivity contribution in [2.24, 2.45) is 10.7 Å². The van der Waals surface area contributed by atoms with E-state index in [1.807, 2.05) is 43.0 Å². The van der Waals surface area contributed by atoms with Gasteiger partial charge in [0.25, 0.3) is 0 Å². The quantitative estimate of drug-likeness (QED) is 0.645. The van der Waals surface area contributed by atoms with Crippen LogP contribution in [0.15, 0.2) is 29.3 Å². The van der Waals surface area contributed by atoms with E-state index in [1.54, 1.807) is 0 Å². The second-order valence-corrected chi connectivity index (χ2v) is 6.49. The minimum Gasteiger partial charge on any atom is -0.370 e. The van der Waals surface area contributed by atoms with Gasteiger partial charge in [0.1, 0.15) is 0 Å². The lowest BCUT2D eigenvalue weighted by molar-refractivity contribution is -0.116. The number of hydrogen-bond acceptors (Lipinski definition) is 3. The van der Waals surface area contributed by atoms with E-state index < -0.39 is 0 Å². The topological polar surface area (TPSA) is 70.7 Å². The molecule has 3 N–H and O–H groups in total. The highest BCUT2D eigenvalue weighted by Gasteiger charge is 2.11. The third kappa shape index (κ3) is 5.26. The summed E-state index contributed by atoms with van der Waals surface area (Å²) in [6.07, 6.45) is 1.41. The van der Waals surface area contributed by atoms with Crippen LogP contribution in [0.25, 0.3) is 0 Å². The van der Waals surface area contributed by atoms with Crippen LogP contribution in [0.5, 0.6) is 0 Å². The molecule has 0 atom stereocenters. The molecule has 1 aliphatic heterocycles. The molecule has 22 heavy (non-hydrogen) atoms. The van der Waals surface area contributed by atoms with Gasteiger partial charge in [-0.15, -0.1) is 0 Å². The van der Waals surface area contributed by atoms with Crippen LogP contribution in [0.2, 0.25) is 0 Å². The molecule has 6 heteroatoms. The Morgan fingerprint density at radius 1 is 1.32 bits per heavy atom. The molecule has 1 aromatic rings. The first-order valence-electron chi connectivity index (χ1n) is 7.70. The highest BCUT2D eigenvalue weighted by Crippen LogP contribution is 2.12. The standard InChI is InChI=1S/C16H24N4OS/c1-2-3-15(21)19-14-6-4-13(5-7-14)12-18-16(17)20-8-10-22-11-9-20/h4-7H,2-3,8-12H2,1H3,(H2,17,18)(H,19,21). The maximum absolute atomic E-state index is 11.5. The fourth-order valence-electron chi connectivity index (χ4n) is 2.21. The fraction of sp³-hybridized carbons (Fsp3) is 0.500. The molecule has 0 saturated carbocycles. The van der Waals surface area contributed by atoms with Gasteiger partial charge in [0.05, 0.1) is 6.54 Å². The Balaban J connectivity index is 1.86. The molecule has 0 aliphatic carbocycles. The molecular formula is C16H24N4OS. The maximum Gasteiger partial charge on any atom is 0.224 e. The molecule has 0 spiro atoms. The monoisotopic (exact) mass is 320 g/mol. The normalized spacial score (nSPS) is 15.7. The highest BCUT2D eigenvalue weighted by atomic mass is 32.2. The van der Waals surface area contributed by atoms with Gasteiger partial charge in [-0.2, -0.15) is 11.8 Å². The molecule has 0 unspecified atom stereocenters. The molecule has 2 rings (SSSR count). The molecule has 0 radical (unpaired) electrons. The van der Waals surface area contributed by atoms with Gasteiger partial charge < -0.3 is 16.0 Å². The minimum atomic E-state index is 0.0560. The number of nitrogens with zero attached hydrogens (tertiary/aromatic N) is 2. The molecule has 1 aliphatic rings. The van der Waals surface area contributed by atoms with E-state index in [9.17, 15) is 4.79 Å². The minimum absolute atomic E-state index is 0.0560. The average Bonchev–Trinajstić information content (AvgIpc) is 2.55. The second-order valence-electron chi connectivity index (χ2n) is 5.27. The van der Waals surface area contributed by atoms with Gasteiger partial charge in [0.15, 0.2) is 5.96 Å². The first kappa shape index (κ1) is 16.7. The number of aliphatic imine (C=N–C) groups is 1. The first-order chi connectivity index (χ1) is 10.7. The number of thioether (sulfide) groups is 1. The molecule has 1 amide bonds. The Bertz CT molecular complexity index is 509. The Morgan fingerprint density at radius 2 is 2.00 bits per heavy atom. The highest BCUT2D eigenvalue weighted by molar-refractivity contribution is 7.99. The molecule has 0 bridgehead atoms. The maximum atomic E-state index is 11.5. The van der Waals surface area contributed by atoms with E-state index in [2.05, 4.69) is 15.2 Å². The van der Waals surface area contributed by atoms with Crippen molar-refractivity contribution in [3.63, 3.8) is 0 Å². The summed E-state index contributed by atoms with van der Waals surface area (Å²) in [7, 11) is 0. The Morgan fingerprint density at radius 3 is 2.64 bits per heavy atom. The van der Waals surface area contributed by atoms with Crippen LogP contribution in [0.1, 0.15) is 25.3 Å². The van der Waals surface area contributed by atoms with Crippen LogP contribution in [0.3, 0.4) is 0 Å². The number of rotatable bonds is 5. The summed E-state index contributed by atoms with van der Waals surface area (Å²) in [5.41, 5.74) is 7.95. The molecule has 1 heterocycles. The van der Waals surface area contributed by atoms with Crippen LogP contribution < -0.4 is 11.1 Å². The fourth-order valence-corrected chi connectivity index (χ4v) is 3.11. The third-order valence-electron chi connectivity index (χ3n) is 3.47. The lowest BCUT2D eigenvalue weighted by atomic mass is 10.2. The van der Waals surface area contributed by atoms with Crippen molar-refractivity contribution in [2.45, 2.75) is 26.3 Å². The van der Waals surface area contributed by atoms with Crippen LogP contribution in [0, 0.1) is 0 Å². The molecule has 1 saturated heterocycles. The lowest BCUT2D eigenvalue weighted by Gasteiger charge is -2.27. The zero-order valence-electron chi connectivity index (χ0n) is 13.0. The Kier molecular flexibility index (Phi) is 6.58. The number of guanidine groups is 1. The summed E-state index contributed by atoms with van der Waals surface area (Å²) in [5, 5.41) is 2.88. The number of benzene rings is 1. The first-order valence-corrected chi connectivity index (χ1v) is 8.86. The summed E-state index contributed by atoms with van der Waals surface area (Å²) in [6.45, 7) is 4.51. The van der Waals surface area contributed by atoms with Gasteiger partial charge in [-0.1, -0.05) is 19.1 Å². The van der Waals surface area contributed by atoms with E-state index in [0.29, 0.717) is 18.9 Å². The summed E-state index contributed by atoms with van der Waals surface area (Å²) < 4.78 is 0. The van der Waals surface area contributed by atoms with Gasteiger partial charge in [0.2, 0.25) is 5.91 Å². The zero-order valence-corrected chi connectivity index (χ0v) is 13.9. The van der Waals surface area contributed by atoms with E-state index >= 15 is 0 Å². The molecule has 0 aromatic heterocycles. The van der Waals surface area contributed by atoms with E-state index in [4.69, 9.17) is 5.73 Å². The Hall–Kier alpha value is -1.69. The summed E-state index contributed by atoms with van der Waals surface area (Å²) in [4.78, 5) is 18.1. The zero-order chi connectivity index (χ0) is 15.8. The summed E-state index contributed by atoms with van der Waals surface area (Å²) in [6, 6.07) is 7.77. The van der Waals surface area contributed by atoms with E-state index in [0.717, 1.165) is 42.3 Å². The largest absolute Gasteiger partial charge is 0.370 e. The van der Waals surface area contributed by atoms with Gasteiger partial charge >= 0.3 is 0 Å². The van der Waals surface area contributed by atoms with E-state index in [-0.39, 0.29) is 5.91 Å². The van der Waals surface area contributed by atoms with Crippen LogP contribution in [0.4, 0.5) is 5.69 Å². The van der Waals surface area contributed by atoms with Crippen molar-refractivity contribution >= 4 is 29.3 Å². The average molecular weight is 320 g/mol. The molecular weight excluding hydrogens is 296 g/mol. The summed E-state index contributed by atoms with van der Waals surface area (Å²) in [5.74, 6) is 2.91. The number of amides is 1. The summed E-state index contributed by atoms with van der Waals surface area (Å²) >= 11 is 1.95. The Labute approximate surface area is 136 Å².